The van der Waals surface area contributed by atoms with E-state index in [0.29, 0.717) is 13.1 Å². The molecule has 1 aromatic heterocycles. The lowest BCUT2D eigenvalue weighted by atomic mass is 10.4. The normalized spacial score (nSPS) is 11.8. The fourth-order valence-corrected chi connectivity index (χ4v) is 1.91. The summed E-state index contributed by atoms with van der Waals surface area (Å²) in [5.41, 5.74) is 0.913. The van der Waals surface area contributed by atoms with Gasteiger partial charge in [-0.3, -0.25) is 0 Å². The summed E-state index contributed by atoms with van der Waals surface area (Å²) >= 11 is 1.32. The van der Waals surface area contributed by atoms with Gasteiger partial charge in [-0.05, 0) is 24.5 Å². The average Bonchev–Trinajstić information content (AvgIpc) is 2.61. The molecule has 0 bridgehead atoms. The van der Waals surface area contributed by atoms with Crippen molar-refractivity contribution in [3.8, 4) is 0 Å². The summed E-state index contributed by atoms with van der Waals surface area (Å²) in [5, 5.41) is 8.89. The first kappa shape index (κ1) is 12.5. The predicted octanol–water partition coefficient (Wildman–Crippen LogP) is -0.433. The maximum Gasteiger partial charge on any atom is 0.208 e. The van der Waals surface area contributed by atoms with Crippen LogP contribution >= 0.6 is 11.5 Å². The average molecular weight is 250 g/mol. The van der Waals surface area contributed by atoms with Gasteiger partial charge < -0.3 is 5.32 Å². The van der Waals surface area contributed by atoms with Gasteiger partial charge >= 0.3 is 0 Å². The number of rotatable bonds is 7. The van der Waals surface area contributed by atoms with Crippen LogP contribution in [0.4, 0.5) is 0 Å². The second kappa shape index (κ2) is 6.11. The van der Waals surface area contributed by atoms with Crippen LogP contribution < -0.4 is 10.0 Å². The quantitative estimate of drug-likeness (QED) is 0.641. The van der Waals surface area contributed by atoms with Crippen molar-refractivity contribution >= 4 is 21.6 Å². The maximum absolute atomic E-state index is 10.7. The number of aromatic nitrogens is 2. The third-order valence-electron chi connectivity index (χ3n) is 1.61. The molecule has 0 spiro atoms. The zero-order valence-corrected chi connectivity index (χ0v) is 10.1. The first-order chi connectivity index (χ1) is 7.08. The summed E-state index contributed by atoms with van der Waals surface area (Å²) < 4.78 is 27.6. The molecule has 0 radical (unpaired) electrons. The Kier molecular flexibility index (Phi) is 5.09. The van der Waals surface area contributed by atoms with Crippen LogP contribution in [0.2, 0.25) is 0 Å². The van der Waals surface area contributed by atoms with Gasteiger partial charge in [0.15, 0.2) is 0 Å². The molecule has 2 N–H and O–H groups in total. The molecule has 0 unspecified atom stereocenters. The second-order valence-corrected chi connectivity index (χ2v) is 5.54. The Morgan fingerprint density at radius 3 is 2.87 bits per heavy atom. The molecule has 1 aromatic rings. The Bertz CT molecular complexity index is 362. The van der Waals surface area contributed by atoms with E-state index in [-0.39, 0.29) is 0 Å². The smallest absolute Gasteiger partial charge is 0.208 e. The van der Waals surface area contributed by atoms with Gasteiger partial charge in [0, 0.05) is 18.5 Å². The first-order valence-electron chi connectivity index (χ1n) is 4.49. The molecule has 0 aliphatic carbocycles. The third-order valence-corrected chi connectivity index (χ3v) is 2.89. The molecule has 1 heterocycles. The molecule has 8 heteroatoms. The number of nitrogens with one attached hydrogen (secondary N) is 2. The van der Waals surface area contributed by atoms with Crippen molar-refractivity contribution in [3.63, 3.8) is 0 Å². The van der Waals surface area contributed by atoms with Gasteiger partial charge in [0.05, 0.1) is 11.9 Å². The molecule has 0 fully saturated rings. The van der Waals surface area contributed by atoms with E-state index in [1.54, 1.807) is 0 Å². The number of sulfonamides is 1. The van der Waals surface area contributed by atoms with Crippen LogP contribution in [-0.4, -0.2) is 37.4 Å². The molecular weight excluding hydrogens is 236 g/mol. The third kappa shape index (κ3) is 6.50. The van der Waals surface area contributed by atoms with Crippen molar-refractivity contribution < 1.29 is 8.42 Å². The van der Waals surface area contributed by atoms with E-state index in [2.05, 4.69) is 19.6 Å². The molecule has 1 rings (SSSR count). The van der Waals surface area contributed by atoms with Crippen LogP contribution in [0.25, 0.3) is 0 Å². The molecule has 0 atom stereocenters. The van der Waals surface area contributed by atoms with Crippen molar-refractivity contribution in [1.82, 2.24) is 19.6 Å². The Labute approximate surface area is 93.3 Å². The molecule has 6 nitrogen and oxygen atoms in total. The second-order valence-electron chi connectivity index (χ2n) is 3.09. The van der Waals surface area contributed by atoms with Gasteiger partial charge in [0.25, 0.3) is 0 Å². The van der Waals surface area contributed by atoms with Crippen LogP contribution in [0, 0.1) is 0 Å². The van der Waals surface area contributed by atoms with E-state index >= 15 is 0 Å². The lowest BCUT2D eigenvalue weighted by molar-refractivity contribution is 0.578. The zero-order valence-electron chi connectivity index (χ0n) is 8.43. The highest BCUT2D eigenvalue weighted by atomic mass is 32.2. The van der Waals surface area contributed by atoms with Crippen molar-refractivity contribution in [2.24, 2.45) is 0 Å². The monoisotopic (exact) mass is 250 g/mol. The summed E-state index contributed by atoms with van der Waals surface area (Å²) in [5.74, 6) is 0. The summed E-state index contributed by atoms with van der Waals surface area (Å²) in [4.78, 5) is 0. The molecular formula is C7H14N4O2S2. The van der Waals surface area contributed by atoms with Crippen molar-refractivity contribution in [3.05, 3.63) is 11.1 Å². The van der Waals surface area contributed by atoms with Crippen LogP contribution in [0.15, 0.2) is 5.38 Å². The minimum Gasteiger partial charge on any atom is -0.311 e. The van der Waals surface area contributed by atoms with Gasteiger partial charge in [-0.15, -0.1) is 5.10 Å². The van der Waals surface area contributed by atoms with E-state index in [1.807, 2.05) is 5.38 Å². The maximum atomic E-state index is 10.7. The van der Waals surface area contributed by atoms with Crippen molar-refractivity contribution in [1.29, 1.82) is 0 Å². The highest BCUT2D eigenvalue weighted by Crippen LogP contribution is 1.95. The SMILES string of the molecule is CS(=O)(=O)NCCCNCc1csnn1. The molecule has 0 aromatic carbocycles. The van der Waals surface area contributed by atoms with E-state index in [4.69, 9.17) is 0 Å². The summed E-state index contributed by atoms with van der Waals surface area (Å²) in [6.45, 7) is 1.89. The number of hydrogen-bond acceptors (Lipinski definition) is 6. The molecule has 86 valence electrons. The van der Waals surface area contributed by atoms with Crippen molar-refractivity contribution in [2.45, 2.75) is 13.0 Å². The fourth-order valence-electron chi connectivity index (χ4n) is 0.948. The minimum absolute atomic E-state index is 0.459. The molecule has 15 heavy (non-hydrogen) atoms. The van der Waals surface area contributed by atoms with E-state index < -0.39 is 10.0 Å². The van der Waals surface area contributed by atoms with Crippen LogP contribution in [0.5, 0.6) is 0 Å². The lowest BCUT2D eigenvalue weighted by Crippen LogP contribution is -2.26. The lowest BCUT2D eigenvalue weighted by Gasteiger charge is -2.03. The summed E-state index contributed by atoms with van der Waals surface area (Å²) in [6.07, 6.45) is 1.91. The van der Waals surface area contributed by atoms with Crippen molar-refractivity contribution in [2.75, 3.05) is 19.3 Å². The van der Waals surface area contributed by atoms with Gasteiger partial charge in [0.2, 0.25) is 10.0 Å². The largest absolute Gasteiger partial charge is 0.311 e. The van der Waals surface area contributed by atoms with Crippen LogP contribution in [0.1, 0.15) is 12.1 Å². The molecule has 0 saturated heterocycles. The summed E-state index contributed by atoms with van der Waals surface area (Å²) in [6, 6.07) is 0. The molecule has 0 aliphatic rings. The van der Waals surface area contributed by atoms with Crippen LogP contribution in [0.3, 0.4) is 0 Å². The molecule has 0 aliphatic heterocycles. The predicted molar refractivity (Wildman–Crippen MR) is 59.1 cm³/mol. The first-order valence-corrected chi connectivity index (χ1v) is 7.22. The van der Waals surface area contributed by atoms with Gasteiger partial charge in [-0.1, -0.05) is 4.49 Å². The Hall–Kier alpha value is -0.570. The zero-order chi connectivity index (χ0) is 11.1. The number of hydrogen-bond donors (Lipinski definition) is 2. The highest BCUT2D eigenvalue weighted by molar-refractivity contribution is 7.88. The van der Waals surface area contributed by atoms with Gasteiger partial charge in [-0.2, -0.15) is 0 Å². The topological polar surface area (TPSA) is 84.0 Å². The van der Waals surface area contributed by atoms with Crippen LogP contribution in [-0.2, 0) is 16.6 Å². The van der Waals surface area contributed by atoms with Gasteiger partial charge in [0.1, 0.15) is 0 Å². The fraction of sp³-hybridized carbons (Fsp3) is 0.714. The van der Waals surface area contributed by atoms with E-state index in [9.17, 15) is 8.42 Å². The Balaban J connectivity index is 1.99. The Morgan fingerprint density at radius 1 is 1.47 bits per heavy atom. The Morgan fingerprint density at radius 2 is 2.27 bits per heavy atom. The highest BCUT2D eigenvalue weighted by Gasteiger charge is 1.99. The van der Waals surface area contributed by atoms with E-state index in [1.165, 1.54) is 11.5 Å². The standard InChI is InChI=1S/C7H14N4O2S2/c1-15(12,13)9-4-2-3-8-5-7-6-14-11-10-7/h6,8-9H,2-5H2,1H3. The summed E-state index contributed by atoms with van der Waals surface area (Å²) in [7, 11) is -3.05. The molecule has 0 amide bonds. The van der Waals surface area contributed by atoms with Gasteiger partial charge in [-0.25, -0.2) is 13.1 Å². The number of nitrogens with zero attached hydrogens (tertiary/aromatic N) is 2. The molecule has 0 saturated carbocycles. The van der Waals surface area contributed by atoms with E-state index in [0.717, 1.165) is 24.9 Å². The minimum atomic E-state index is -3.05.